The molecule has 60 heavy (non-hydrogen) atoms. The molecule has 0 amide bonds. The molecule has 0 spiro atoms. The number of nitrogens with one attached hydrogen (secondary N) is 1. The molecule has 1 aliphatic rings. The van der Waals surface area contributed by atoms with Gasteiger partial charge in [0.05, 0.1) is 45.0 Å². The first kappa shape index (κ1) is 44.1. The number of aromatic amines is 1. The molecule has 1 N–H and O–H groups in total. The van der Waals surface area contributed by atoms with Crippen molar-refractivity contribution >= 4 is 14.5 Å². The summed E-state index contributed by atoms with van der Waals surface area (Å²) in [6, 6.07) is 38.2. The van der Waals surface area contributed by atoms with E-state index in [0.29, 0.717) is 5.75 Å². The van der Waals surface area contributed by atoms with E-state index in [4.69, 9.17) is 28.0 Å². The van der Waals surface area contributed by atoms with Crippen molar-refractivity contribution in [1.29, 1.82) is 5.26 Å². The van der Waals surface area contributed by atoms with E-state index < -0.39 is 55.7 Å². The molecule has 2 heterocycles. The number of H-pyrrole nitrogens is 1. The summed E-state index contributed by atoms with van der Waals surface area (Å²) in [5.74, 6) is 0.0211. The molecule has 1 saturated heterocycles. The first-order valence-electron chi connectivity index (χ1n) is 19.9. The lowest BCUT2D eigenvalue weighted by molar-refractivity contribution is -0.180. The van der Waals surface area contributed by atoms with Gasteiger partial charge in [0.15, 0.2) is 6.10 Å². The Labute approximate surface area is 351 Å². The maximum atomic E-state index is 14.1. The van der Waals surface area contributed by atoms with Crippen LogP contribution < -0.4 is 16.0 Å². The number of rotatable bonds is 18. The van der Waals surface area contributed by atoms with Gasteiger partial charge in [-0.25, -0.2) is 14.3 Å². The second-order valence-electron chi connectivity index (χ2n) is 14.8. The van der Waals surface area contributed by atoms with Gasteiger partial charge in [-0.3, -0.25) is 14.3 Å². The van der Waals surface area contributed by atoms with Crippen LogP contribution in [0.4, 0.5) is 0 Å². The van der Waals surface area contributed by atoms with Crippen molar-refractivity contribution in [3.8, 4) is 11.8 Å². The van der Waals surface area contributed by atoms with Crippen molar-refractivity contribution in [2.45, 2.75) is 76.2 Å². The first-order chi connectivity index (χ1) is 29.1. The number of ether oxygens (including phenoxy) is 4. The zero-order valence-corrected chi connectivity index (χ0v) is 35.3. The molecule has 1 aromatic heterocycles. The molecule has 1 aliphatic heterocycles. The number of esters is 1. The van der Waals surface area contributed by atoms with Crippen molar-refractivity contribution in [2.24, 2.45) is 0 Å². The second kappa shape index (κ2) is 20.7. The van der Waals surface area contributed by atoms with Crippen molar-refractivity contribution in [3.63, 3.8) is 0 Å². The van der Waals surface area contributed by atoms with Gasteiger partial charge in [0.25, 0.3) is 14.1 Å². The van der Waals surface area contributed by atoms with Crippen LogP contribution >= 0.6 is 8.53 Å². The Morgan fingerprint density at radius 3 is 2.00 bits per heavy atom. The molecule has 4 aromatic carbocycles. The van der Waals surface area contributed by atoms with Gasteiger partial charge >= 0.3 is 11.7 Å². The SMILES string of the molecule is COc1ccc(C(OC[C@H]2OC[C@@H](n3ccc(=O)[nH]c3=O)[C@H](OC(=O)c3ccccc3)[C@@H]2OP(OCCC#N)N(C(C)C)C(C)C)(c2ccccc2)c2ccccc2)cc1. The van der Waals surface area contributed by atoms with Gasteiger partial charge in [-0.1, -0.05) is 91.0 Å². The fraction of sp³-hybridized carbons (Fsp3) is 0.348. The number of carbonyl (C=O) groups is 1. The Kier molecular flexibility index (Phi) is 15.2. The van der Waals surface area contributed by atoms with Crippen LogP contribution in [0.1, 0.15) is 67.2 Å². The van der Waals surface area contributed by atoms with E-state index in [-0.39, 0.29) is 43.9 Å². The molecule has 14 heteroatoms. The lowest BCUT2D eigenvalue weighted by atomic mass is 9.80. The molecule has 314 valence electrons. The van der Waals surface area contributed by atoms with Gasteiger partial charge < -0.3 is 28.0 Å². The standard InChI is InChI=1S/C46H51N4O9P/c1-32(2)50(33(3)4)60(57-29-15-27-47)59-43-40(55-30-39(49-28-26-41(51)48-45(49)53)42(43)58-44(52)34-16-9-6-10-17-34)31-56-46(35-18-11-7-12-19-35,36-20-13-8-14-21-36)37-22-24-38(54-5)25-23-37/h6-14,16-26,28,32-33,39-40,42-43H,15,29-31H2,1-5H3,(H,48,51,53)/t39-,40-,42+,43-,60?/m1/s1. The Bertz CT molecular complexity index is 2240. The van der Waals surface area contributed by atoms with Crippen LogP contribution in [0.25, 0.3) is 0 Å². The van der Waals surface area contributed by atoms with E-state index in [1.54, 1.807) is 37.4 Å². The first-order valence-corrected chi connectivity index (χ1v) is 21.0. The Hall–Kier alpha value is -5.45. The molecule has 1 fully saturated rings. The molecule has 6 rings (SSSR count). The summed E-state index contributed by atoms with van der Waals surface area (Å²) in [6.07, 6.45) is -1.77. The Morgan fingerprint density at radius 1 is 0.867 bits per heavy atom. The average Bonchev–Trinajstić information content (AvgIpc) is 3.26. The highest BCUT2D eigenvalue weighted by molar-refractivity contribution is 7.44. The molecular weight excluding hydrogens is 783 g/mol. The maximum absolute atomic E-state index is 14.1. The molecule has 1 unspecified atom stereocenters. The molecule has 5 aromatic rings. The van der Waals surface area contributed by atoms with E-state index in [9.17, 15) is 19.6 Å². The fourth-order valence-electron chi connectivity index (χ4n) is 7.48. The van der Waals surface area contributed by atoms with Crippen LogP contribution in [0.15, 0.2) is 137 Å². The van der Waals surface area contributed by atoms with Gasteiger partial charge in [-0.15, -0.1) is 0 Å². The quantitative estimate of drug-likeness (QED) is 0.0407. The summed E-state index contributed by atoms with van der Waals surface area (Å²) in [6.45, 7) is 7.92. The number of aromatic nitrogens is 2. The normalized spacial score (nSPS) is 18.6. The minimum absolute atomic E-state index is 0.0702. The van der Waals surface area contributed by atoms with Crippen molar-refractivity contribution in [3.05, 3.63) is 171 Å². The topological polar surface area (TPSA) is 154 Å². The van der Waals surface area contributed by atoms with Gasteiger partial charge in [-0.05, 0) is 68.7 Å². The van der Waals surface area contributed by atoms with Gasteiger partial charge in [-0.2, -0.15) is 5.26 Å². The number of benzene rings is 4. The summed E-state index contributed by atoms with van der Waals surface area (Å²) >= 11 is 0. The van der Waals surface area contributed by atoms with Crippen LogP contribution in [0.2, 0.25) is 0 Å². The zero-order chi connectivity index (χ0) is 42.6. The lowest BCUT2D eigenvalue weighted by Crippen LogP contribution is -2.57. The zero-order valence-electron chi connectivity index (χ0n) is 34.4. The fourth-order valence-corrected chi connectivity index (χ4v) is 9.25. The van der Waals surface area contributed by atoms with E-state index >= 15 is 0 Å². The molecule has 0 aliphatic carbocycles. The lowest BCUT2D eigenvalue weighted by Gasteiger charge is -2.46. The van der Waals surface area contributed by atoms with Gasteiger partial charge in [0.2, 0.25) is 0 Å². The summed E-state index contributed by atoms with van der Waals surface area (Å²) in [5, 5.41) is 9.48. The van der Waals surface area contributed by atoms with Crippen LogP contribution in [0.3, 0.4) is 0 Å². The number of nitriles is 1. The number of carbonyl (C=O) groups excluding carboxylic acids is 1. The third kappa shape index (κ3) is 10.1. The van der Waals surface area contributed by atoms with E-state index in [1.807, 2.05) is 113 Å². The highest BCUT2D eigenvalue weighted by atomic mass is 31.2. The summed E-state index contributed by atoms with van der Waals surface area (Å²) in [5.41, 5.74) is 0.289. The second-order valence-corrected chi connectivity index (χ2v) is 16.2. The minimum atomic E-state index is -1.95. The predicted molar refractivity (Wildman–Crippen MR) is 228 cm³/mol. The van der Waals surface area contributed by atoms with Crippen molar-refractivity contribution < 1.29 is 32.8 Å². The Balaban J connectivity index is 1.51. The molecule has 0 bridgehead atoms. The van der Waals surface area contributed by atoms with Crippen molar-refractivity contribution in [2.75, 3.05) is 26.9 Å². The highest BCUT2D eigenvalue weighted by Gasteiger charge is 2.49. The molecule has 13 nitrogen and oxygen atoms in total. The van der Waals surface area contributed by atoms with E-state index in [1.165, 1.54) is 16.8 Å². The Morgan fingerprint density at radius 2 is 1.45 bits per heavy atom. The number of hydrogen-bond acceptors (Lipinski definition) is 11. The highest BCUT2D eigenvalue weighted by Crippen LogP contribution is 2.50. The van der Waals surface area contributed by atoms with Gasteiger partial charge in [0, 0.05) is 24.3 Å². The smallest absolute Gasteiger partial charge is 0.338 e. The van der Waals surface area contributed by atoms with Crippen LogP contribution in [-0.2, 0) is 28.9 Å². The summed E-state index contributed by atoms with van der Waals surface area (Å²) in [4.78, 5) is 42.1. The van der Waals surface area contributed by atoms with Crippen LogP contribution in [0, 0.1) is 11.3 Å². The molecule has 5 atom stereocenters. The van der Waals surface area contributed by atoms with Crippen LogP contribution in [-0.4, -0.2) is 77.5 Å². The van der Waals surface area contributed by atoms with Crippen molar-refractivity contribution in [1.82, 2.24) is 14.2 Å². The third-order valence-electron chi connectivity index (χ3n) is 10.2. The molecule has 0 radical (unpaired) electrons. The maximum Gasteiger partial charge on any atom is 0.338 e. The van der Waals surface area contributed by atoms with E-state index in [0.717, 1.165) is 16.7 Å². The van der Waals surface area contributed by atoms with Crippen LogP contribution in [0.5, 0.6) is 5.75 Å². The predicted octanol–water partition coefficient (Wildman–Crippen LogP) is 7.38. The van der Waals surface area contributed by atoms with E-state index in [2.05, 4.69) is 15.7 Å². The summed E-state index contributed by atoms with van der Waals surface area (Å²) < 4.78 is 42.8. The minimum Gasteiger partial charge on any atom is -0.497 e. The third-order valence-corrected chi connectivity index (χ3v) is 12.3. The molecular formula is C46H51N4O9P. The number of nitrogens with zero attached hydrogens (tertiary/aromatic N) is 3. The average molecular weight is 835 g/mol. The molecule has 0 saturated carbocycles. The largest absolute Gasteiger partial charge is 0.497 e. The number of hydrogen-bond donors (Lipinski definition) is 1. The van der Waals surface area contributed by atoms with Gasteiger partial charge in [0.1, 0.15) is 29.6 Å². The monoisotopic (exact) mass is 834 g/mol. The number of methoxy groups -OCH3 is 1. The summed E-state index contributed by atoms with van der Waals surface area (Å²) in [7, 11) is -0.338.